The van der Waals surface area contributed by atoms with Crippen LogP contribution in [-0.2, 0) is 26.3 Å². The summed E-state index contributed by atoms with van der Waals surface area (Å²) in [7, 11) is -1.38. The van der Waals surface area contributed by atoms with Gasteiger partial charge in [-0.3, -0.25) is 9.59 Å². The molecule has 2 aromatic carbocycles. The topological polar surface area (TPSA) is 90.0 Å². The van der Waals surface area contributed by atoms with Crippen LogP contribution in [0.4, 0.5) is 10.1 Å². The molecule has 2 rings (SSSR count). The summed E-state index contributed by atoms with van der Waals surface area (Å²) in [5, 5.41) is 2.94. The molecule has 0 aliphatic heterocycles. The van der Waals surface area contributed by atoms with E-state index in [-0.39, 0.29) is 24.2 Å². The Balaban J connectivity index is 2.51. The molecule has 1 N–H and O–H groups in total. The van der Waals surface area contributed by atoms with Crippen molar-refractivity contribution in [1.82, 2.24) is 14.5 Å². The number of amides is 2. The van der Waals surface area contributed by atoms with E-state index in [1.807, 2.05) is 52.0 Å². The maximum atomic E-state index is 13.8. The third kappa shape index (κ3) is 7.27. The monoisotopic (exact) mass is 520 g/mol. The van der Waals surface area contributed by atoms with Gasteiger partial charge in [0.2, 0.25) is 11.8 Å². The zero-order valence-electron chi connectivity index (χ0n) is 21.9. The van der Waals surface area contributed by atoms with E-state index in [0.29, 0.717) is 6.42 Å². The molecular formula is C26H37FN4O4S. The average Bonchev–Trinajstić information content (AvgIpc) is 2.83. The van der Waals surface area contributed by atoms with Gasteiger partial charge in [0.05, 0.1) is 5.69 Å². The van der Waals surface area contributed by atoms with Crippen LogP contribution < -0.4 is 9.62 Å². The van der Waals surface area contributed by atoms with Gasteiger partial charge in [-0.1, -0.05) is 38.1 Å². The predicted octanol–water partition coefficient (Wildman–Crippen LogP) is 3.47. The first kappa shape index (κ1) is 29.3. The lowest BCUT2D eigenvalue weighted by Gasteiger charge is -2.34. The number of benzene rings is 2. The Morgan fingerprint density at radius 2 is 1.61 bits per heavy atom. The van der Waals surface area contributed by atoms with Crippen molar-refractivity contribution in [3.63, 3.8) is 0 Å². The van der Waals surface area contributed by atoms with Gasteiger partial charge in [0.15, 0.2) is 0 Å². The Bertz CT molecular complexity index is 1140. The first-order valence-corrected chi connectivity index (χ1v) is 13.4. The van der Waals surface area contributed by atoms with Gasteiger partial charge in [-0.25, -0.2) is 8.70 Å². The molecule has 8 nitrogen and oxygen atoms in total. The molecule has 0 heterocycles. The highest BCUT2D eigenvalue weighted by atomic mass is 32.2. The van der Waals surface area contributed by atoms with Crippen molar-refractivity contribution in [3.05, 3.63) is 65.5 Å². The smallest absolute Gasteiger partial charge is 0.304 e. The van der Waals surface area contributed by atoms with Crippen LogP contribution in [0.5, 0.6) is 0 Å². The molecule has 0 aromatic heterocycles. The lowest BCUT2D eigenvalue weighted by atomic mass is 10.1. The zero-order valence-corrected chi connectivity index (χ0v) is 22.7. The second-order valence-electron chi connectivity index (χ2n) is 8.96. The number of hydrogen-bond acceptors (Lipinski definition) is 4. The van der Waals surface area contributed by atoms with Crippen molar-refractivity contribution in [2.24, 2.45) is 0 Å². The highest BCUT2D eigenvalue weighted by molar-refractivity contribution is 7.90. The number of hydrogen-bond donors (Lipinski definition) is 1. The van der Waals surface area contributed by atoms with Crippen molar-refractivity contribution >= 4 is 27.7 Å². The van der Waals surface area contributed by atoms with E-state index in [2.05, 4.69) is 5.32 Å². The highest BCUT2D eigenvalue weighted by Gasteiger charge is 2.34. The van der Waals surface area contributed by atoms with Crippen LogP contribution >= 0.6 is 0 Å². The van der Waals surface area contributed by atoms with Gasteiger partial charge in [-0.05, 0) is 62.1 Å². The summed E-state index contributed by atoms with van der Waals surface area (Å²) in [5.41, 5.74) is 1.94. The van der Waals surface area contributed by atoms with Crippen LogP contribution in [0, 0.1) is 12.7 Å². The van der Waals surface area contributed by atoms with Crippen molar-refractivity contribution < 1.29 is 22.4 Å². The summed E-state index contributed by atoms with van der Waals surface area (Å²) >= 11 is 0. The third-order valence-electron chi connectivity index (χ3n) is 6.12. The van der Waals surface area contributed by atoms with Gasteiger partial charge in [-0.15, -0.1) is 0 Å². The van der Waals surface area contributed by atoms with E-state index >= 15 is 0 Å². The summed E-state index contributed by atoms with van der Waals surface area (Å²) in [4.78, 5) is 28.4. The Hall–Kier alpha value is -2.98. The minimum Gasteiger partial charge on any atom is -0.352 e. The van der Waals surface area contributed by atoms with Crippen LogP contribution in [0.15, 0.2) is 48.5 Å². The Kier molecular flexibility index (Phi) is 10.4. The van der Waals surface area contributed by atoms with Gasteiger partial charge in [-0.2, -0.15) is 12.7 Å². The highest BCUT2D eigenvalue weighted by Crippen LogP contribution is 2.22. The Labute approximate surface area is 214 Å². The average molecular weight is 521 g/mol. The molecule has 36 heavy (non-hydrogen) atoms. The van der Waals surface area contributed by atoms with E-state index in [0.717, 1.165) is 38.3 Å². The standard InChI is InChI=1S/C26H37FN4O4S/c1-7-20(4)28-26(33)24(8-2)30(17-21-12-10-9-11-19(21)3)25(32)18-31(36(34,35)29(5)6)23-15-13-22(27)14-16-23/h9-16,20,24H,7-8,17-18H2,1-6H3,(H,28,33)/t20-,24-/m1/s1. The van der Waals surface area contributed by atoms with Gasteiger partial charge in [0.25, 0.3) is 0 Å². The minimum atomic E-state index is -4.09. The van der Waals surface area contributed by atoms with Crippen LogP contribution in [0.3, 0.4) is 0 Å². The number of halogens is 1. The molecule has 2 aromatic rings. The molecule has 2 atom stereocenters. The van der Waals surface area contributed by atoms with Crippen molar-refractivity contribution in [2.45, 2.75) is 59.2 Å². The molecule has 0 radical (unpaired) electrons. The maximum Gasteiger partial charge on any atom is 0.304 e. The fraction of sp³-hybridized carbons (Fsp3) is 0.462. The maximum absolute atomic E-state index is 13.8. The SMILES string of the molecule is CC[C@@H](C)NC(=O)[C@@H](CC)N(Cc1ccccc1C)C(=O)CN(c1ccc(F)cc1)S(=O)(=O)N(C)C. The summed E-state index contributed by atoms with van der Waals surface area (Å²) < 4.78 is 41.8. The minimum absolute atomic E-state index is 0.0770. The molecule has 0 bridgehead atoms. The molecule has 0 fully saturated rings. The van der Waals surface area contributed by atoms with Crippen molar-refractivity contribution in [1.29, 1.82) is 0 Å². The van der Waals surface area contributed by atoms with Gasteiger partial charge >= 0.3 is 10.2 Å². The van der Waals surface area contributed by atoms with Gasteiger partial charge in [0, 0.05) is 26.7 Å². The molecule has 198 valence electrons. The molecule has 0 saturated carbocycles. The fourth-order valence-corrected chi connectivity index (χ4v) is 4.71. The molecule has 0 aliphatic rings. The first-order valence-electron chi connectivity index (χ1n) is 12.0. The summed E-state index contributed by atoms with van der Waals surface area (Å²) in [6, 6.07) is 11.5. The van der Waals surface area contributed by atoms with Crippen LogP contribution in [-0.4, -0.2) is 62.2 Å². The molecule has 0 saturated heterocycles. The molecule has 0 aliphatic carbocycles. The molecule has 10 heteroatoms. The van der Waals surface area contributed by atoms with Crippen LogP contribution in [0.1, 0.15) is 44.7 Å². The van der Waals surface area contributed by atoms with E-state index in [1.165, 1.54) is 31.1 Å². The molecule has 2 amide bonds. The van der Waals surface area contributed by atoms with Crippen molar-refractivity contribution in [2.75, 3.05) is 24.9 Å². The van der Waals surface area contributed by atoms with E-state index in [9.17, 15) is 22.4 Å². The fourth-order valence-electron chi connectivity index (χ4n) is 3.66. The van der Waals surface area contributed by atoms with E-state index in [1.54, 1.807) is 0 Å². The number of rotatable bonds is 12. The summed E-state index contributed by atoms with van der Waals surface area (Å²) in [5.74, 6) is -1.36. The third-order valence-corrected chi connectivity index (χ3v) is 7.94. The number of aryl methyl sites for hydroxylation is 1. The number of nitrogens with one attached hydrogen (secondary N) is 1. The molecule has 0 spiro atoms. The second-order valence-corrected chi connectivity index (χ2v) is 11.0. The number of anilines is 1. The zero-order chi connectivity index (χ0) is 27.0. The molecule has 0 unspecified atom stereocenters. The van der Waals surface area contributed by atoms with Crippen molar-refractivity contribution in [3.8, 4) is 0 Å². The lowest BCUT2D eigenvalue weighted by molar-refractivity contribution is -0.140. The Morgan fingerprint density at radius 3 is 2.14 bits per heavy atom. The van der Waals surface area contributed by atoms with Gasteiger partial charge < -0.3 is 10.2 Å². The normalized spacial score (nSPS) is 13.2. The molecular weight excluding hydrogens is 483 g/mol. The lowest BCUT2D eigenvalue weighted by Crippen LogP contribution is -2.54. The second kappa shape index (κ2) is 12.8. The predicted molar refractivity (Wildman–Crippen MR) is 140 cm³/mol. The Morgan fingerprint density at radius 1 is 1.00 bits per heavy atom. The van der Waals surface area contributed by atoms with E-state index < -0.39 is 34.5 Å². The largest absolute Gasteiger partial charge is 0.352 e. The number of nitrogens with zero attached hydrogens (tertiary/aromatic N) is 3. The first-order chi connectivity index (χ1) is 16.9. The van der Waals surface area contributed by atoms with Crippen LogP contribution in [0.25, 0.3) is 0 Å². The summed E-state index contributed by atoms with van der Waals surface area (Å²) in [6.07, 6.45) is 1.07. The van der Waals surface area contributed by atoms with E-state index in [4.69, 9.17) is 0 Å². The number of carbonyl (C=O) groups excluding carboxylic acids is 2. The quantitative estimate of drug-likeness (QED) is 0.464. The van der Waals surface area contributed by atoms with Gasteiger partial charge in [0.1, 0.15) is 18.4 Å². The number of carbonyl (C=O) groups is 2. The summed E-state index contributed by atoms with van der Waals surface area (Å²) in [6.45, 7) is 7.15. The van der Waals surface area contributed by atoms with Crippen LogP contribution in [0.2, 0.25) is 0 Å².